The molecule has 6 aromatic carbocycles. The second kappa shape index (κ2) is 20.0. The Balaban J connectivity index is 0.000000233. The second-order valence-corrected chi connectivity index (χ2v) is 22.6. The first-order valence-electron chi connectivity index (χ1n) is 16.6. The molecule has 0 heterocycles. The van der Waals surface area contributed by atoms with Crippen LogP contribution < -0.4 is 0 Å². The molecular formula is C42H46F6O2SiZr. The molecule has 10 heteroatoms. The SMILES string of the molecule is C[Si](C)=[Zr+2].Cc1cc2cc(C(C)C)ccc2[cH-]1.Cc1cc2cc(C(C)C)ccc2[cH-]1.Oc1ccc(C(F)(F)F)cc1.Oc1ccc(C(F)(F)F)cc1. The Morgan fingerprint density at radius 1 is 0.538 bits per heavy atom. The number of halogens is 6. The molecule has 0 bridgehead atoms. The third-order valence-electron chi connectivity index (χ3n) is 7.48. The normalized spacial score (nSPS) is 11.1. The van der Waals surface area contributed by atoms with Crippen molar-refractivity contribution >= 4 is 27.0 Å². The van der Waals surface area contributed by atoms with Crippen molar-refractivity contribution < 1.29 is 59.9 Å². The number of aromatic hydroxyl groups is 2. The van der Waals surface area contributed by atoms with Gasteiger partial charge in [-0.05, 0) is 60.4 Å². The summed E-state index contributed by atoms with van der Waals surface area (Å²) >= 11 is 1.74. The summed E-state index contributed by atoms with van der Waals surface area (Å²) in [6, 6.07) is 29.8. The van der Waals surface area contributed by atoms with Crippen molar-refractivity contribution in [3.05, 3.63) is 143 Å². The van der Waals surface area contributed by atoms with Crippen LogP contribution in [0.1, 0.15) is 72.9 Å². The van der Waals surface area contributed by atoms with Gasteiger partial charge in [0, 0.05) is 0 Å². The fourth-order valence-corrected chi connectivity index (χ4v) is 4.78. The Morgan fingerprint density at radius 2 is 0.827 bits per heavy atom. The largest absolute Gasteiger partial charge is 0.508 e. The van der Waals surface area contributed by atoms with Gasteiger partial charge in [-0.2, -0.15) is 38.5 Å². The topological polar surface area (TPSA) is 40.5 Å². The average Bonchev–Trinajstić information content (AvgIpc) is 3.60. The van der Waals surface area contributed by atoms with Gasteiger partial charge in [-0.1, -0.05) is 52.7 Å². The maximum Gasteiger partial charge on any atom is 0.416 e. The molecule has 52 heavy (non-hydrogen) atoms. The van der Waals surface area contributed by atoms with Gasteiger partial charge in [0.05, 0.1) is 11.1 Å². The fraction of sp³-hybridized carbons (Fsp3) is 0.286. The van der Waals surface area contributed by atoms with Crippen LogP contribution in [0.4, 0.5) is 26.3 Å². The van der Waals surface area contributed by atoms with Crippen LogP contribution in [0.5, 0.6) is 11.5 Å². The van der Waals surface area contributed by atoms with Gasteiger partial charge in [-0.3, -0.25) is 0 Å². The molecule has 6 aromatic rings. The Labute approximate surface area is 318 Å². The number of hydrogen-bond acceptors (Lipinski definition) is 2. The van der Waals surface area contributed by atoms with Crippen molar-refractivity contribution in [3.63, 3.8) is 0 Å². The molecule has 0 aromatic heterocycles. The van der Waals surface area contributed by atoms with E-state index in [4.69, 9.17) is 10.2 Å². The first-order chi connectivity index (χ1) is 24.1. The van der Waals surface area contributed by atoms with E-state index in [0.717, 1.165) is 48.5 Å². The third-order valence-corrected chi connectivity index (χ3v) is 7.48. The van der Waals surface area contributed by atoms with Gasteiger partial charge in [0.25, 0.3) is 0 Å². The summed E-state index contributed by atoms with van der Waals surface area (Å²) in [7, 11) is 0. The van der Waals surface area contributed by atoms with Gasteiger partial charge in [-0.25, -0.2) is 0 Å². The zero-order valence-electron chi connectivity index (χ0n) is 30.7. The van der Waals surface area contributed by atoms with Crippen molar-refractivity contribution in [2.45, 2.75) is 78.8 Å². The van der Waals surface area contributed by atoms with Crippen LogP contribution in [-0.2, 0) is 35.7 Å². The minimum Gasteiger partial charge on any atom is -0.508 e. The number of hydrogen-bond donors (Lipinski definition) is 2. The molecule has 0 unspecified atom stereocenters. The zero-order valence-corrected chi connectivity index (χ0v) is 34.2. The summed E-state index contributed by atoms with van der Waals surface area (Å²) < 4.78 is 71.0. The van der Waals surface area contributed by atoms with Gasteiger partial charge < -0.3 is 10.2 Å². The van der Waals surface area contributed by atoms with E-state index in [0.29, 0.717) is 11.8 Å². The van der Waals surface area contributed by atoms with Crippen LogP contribution in [0.25, 0.3) is 21.5 Å². The molecule has 2 N–H and O–H groups in total. The van der Waals surface area contributed by atoms with Gasteiger partial charge in [0.15, 0.2) is 0 Å². The van der Waals surface area contributed by atoms with Crippen molar-refractivity contribution in [2.24, 2.45) is 0 Å². The van der Waals surface area contributed by atoms with Gasteiger partial charge >= 0.3 is 54.2 Å². The molecule has 0 saturated carbocycles. The standard InChI is InChI=1S/2C13H15.2C7H5F3O.C2H6Si.Zr/c2*1-9(2)11-4-5-12-6-10(3)7-13(12)8-11;2*8-7(9,10)5-1-3-6(11)4-2-5;1-3-2;/h2*4-9H,1-3H3;2*1-4,11H;1-2H3;/q2*-1;;;;+2. The molecule has 0 spiro atoms. The monoisotopic (exact) mass is 814 g/mol. The molecular weight excluding hydrogens is 770 g/mol. The Morgan fingerprint density at radius 3 is 1.08 bits per heavy atom. The zero-order chi connectivity index (χ0) is 39.4. The maximum atomic E-state index is 11.8. The molecule has 0 atom stereocenters. The molecule has 2 nitrogen and oxygen atoms in total. The number of aryl methyl sites for hydroxylation is 2. The van der Waals surface area contributed by atoms with Crippen LogP contribution in [0, 0.1) is 13.8 Å². The molecule has 0 amide bonds. The predicted molar refractivity (Wildman–Crippen MR) is 200 cm³/mol. The number of rotatable bonds is 2. The van der Waals surface area contributed by atoms with E-state index in [1.54, 1.807) is 23.3 Å². The van der Waals surface area contributed by atoms with E-state index in [1.165, 1.54) is 43.8 Å². The molecule has 0 aliphatic carbocycles. The molecule has 0 saturated heterocycles. The Kier molecular flexibility index (Phi) is 17.1. The van der Waals surface area contributed by atoms with E-state index >= 15 is 0 Å². The van der Waals surface area contributed by atoms with Crippen LogP contribution >= 0.6 is 0 Å². The minimum atomic E-state index is -4.33. The van der Waals surface area contributed by atoms with Crippen LogP contribution in [0.15, 0.2) is 109 Å². The van der Waals surface area contributed by atoms with Gasteiger partial charge in [-0.15, -0.1) is 81.2 Å². The summed E-state index contributed by atoms with van der Waals surface area (Å²) in [5.41, 5.74) is 4.27. The molecule has 6 rings (SSSR count). The number of phenolic OH excluding ortho intramolecular Hbond substituents is 2. The Hall–Kier alpha value is -3.62. The average molecular weight is 816 g/mol. The number of benzene rings is 4. The van der Waals surface area contributed by atoms with E-state index in [9.17, 15) is 26.3 Å². The van der Waals surface area contributed by atoms with E-state index in [-0.39, 0.29) is 16.9 Å². The van der Waals surface area contributed by atoms with Crippen molar-refractivity contribution in [1.82, 2.24) is 0 Å². The molecule has 0 radical (unpaired) electrons. The smallest absolute Gasteiger partial charge is 0.416 e. The summed E-state index contributed by atoms with van der Waals surface area (Å²) in [6.07, 6.45) is -8.65. The molecule has 0 aliphatic heterocycles. The van der Waals surface area contributed by atoms with Crippen LogP contribution in [-0.4, -0.2) is 15.6 Å². The van der Waals surface area contributed by atoms with Crippen LogP contribution in [0.2, 0.25) is 13.1 Å². The molecule has 0 fully saturated rings. The molecule has 0 aliphatic rings. The quantitative estimate of drug-likeness (QED) is 0.104. The summed E-state index contributed by atoms with van der Waals surface area (Å²) in [5, 5.41) is 22.8. The summed E-state index contributed by atoms with van der Waals surface area (Å²) in [5.74, 6) is 0.912. The van der Waals surface area contributed by atoms with Crippen molar-refractivity contribution in [1.29, 1.82) is 0 Å². The van der Waals surface area contributed by atoms with E-state index in [2.05, 4.69) is 115 Å². The third kappa shape index (κ3) is 15.5. The minimum absolute atomic E-state index is 0.169. The number of alkyl halides is 6. The van der Waals surface area contributed by atoms with E-state index in [1.807, 2.05) is 0 Å². The first kappa shape index (κ1) is 44.5. The Bertz CT molecular complexity index is 1840. The van der Waals surface area contributed by atoms with Gasteiger partial charge in [0.1, 0.15) is 11.5 Å². The second-order valence-electron chi connectivity index (χ2n) is 13.2. The number of fused-ring (bicyclic) bond motifs is 2. The van der Waals surface area contributed by atoms with Gasteiger partial charge in [0.2, 0.25) is 0 Å². The first-order valence-corrected chi connectivity index (χ1v) is 22.8. The summed E-state index contributed by atoms with van der Waals surface area (Å²) in [6.45, 7) is 17.8. The van der Waals surface area contributed by atoms with Crippen molar-refractivity contribution in [3.8, 4) is 11.5 Å². The maximum absolute atomic E-state index is 11.8. The molecule has 276 valence electrons. The number of phenols is 2. The van der Waals surface area contributed by atoms with Crippen LogP contribution in [0.3, 0.4) is 0 Å². The van der Waals surface area contributed by atoms with Crippen molar-refractivity contribution in [2.75, 3.05) is 0 Å². The van der Waals surface area contributed by atoms with E-state index < -0.39 is 23.5 Å². The predicted octanol–water partition coefficient (Wildman–Crippen LogP) is 13.6. The fourth-order valence-electron chi connectivity index (χ4n) is 4.78. The summed E-state index contributed by atoms with van der Waals surface area (Å²) in [4.78, 5) is 0.